The van der Waals surface area contributed by atoms with E-state index in [0.29, 0.717) is 0 Å². The van der Waals surface area contributed by atoms with Gasteiger partial charge in [0.05, 0.1) is 0 Å². The van der Waals surface area contributed by atoms with Crippen molar-refractivity contribution in [2.45, 2.75) is 38.3 Å². The first-order chi connectivity index (χ1) is 4.13. The van der Waals surface area contributed by atoms with E-state index in [9.17, 15) is 5.11 Å². The van der Waals surface area contributed by atoms with Crippen molar-refractivity contribution in [3.8, 4) is 0 Å². The zero-order valence-corrected chi connectivity index (χ0v) is 5.93. The molecule has 1 rings (SSSR count). The molecule has 0 radical (unpaired) electrons. The van der Waals surface area contributed by atoms with Gasteiger partial charge in [0.15, 0.2) is 0 Å². The Bertz CT molecular complexity index is 101. The van der Waals surface area contributed by atoms with E-state index in [1.165, 1.54) is 6.42 Å². The van der Waals surface area contributed by atoms with Gasteiger partial charge in [0, 0.05) is 0 Å². The Labute approximate surface area is 56.1 Å². The van der Waals surface area contributed by atoms with Crippen LogP contribution in [0.3, 0.4) is 0 Å². The molecule has 9 heavy (non-hydrogen) atoms. The monoisotopic (exact) mass is 129 g/mol. The summed E-state index contributed by atoms with van der Waals surface area (Å²) in [7, 11) is 0. The molecule has 0 aromatic rings. The topological polar surface area (TPSA) is 46.2 Å². The summed E-state index contributed by atoms with van der Waals surface area (Å²) in [6.45, 7) is 2.01. The van der Waals surface area contributed by atoms with Gasteiger partial charge >= 0.3 is 0 Å². The fourth-order valence-electron chi connectivity index (χ4n) is 1.36. The Balaban J connectivity index is 2.49. The van der Waals surface area contributed by atoms with Crippen molar-refractivity contribution < 1.29 is 5.11 Å². The van der Waals surface area contributed by atoms with Gasteiger partial charge in [-0.25, -0.2) is 0 Å². The highest BCUT2D eigenvalue weighted by Gasteiger charge is 2.31. The Hall–Kier alpha value is -0.0800. The standard InChI is InChI=1S/C7H15NO/c1-6-4-2-3-5-7(6,8)9/h6,9H,2-5,8H2,1H3/t6-,7-/m1/s1. The summed E-state index contributed by atoms with van der Waals surface area (Å²) in [5, 5.41) is 9.42. The van der Waals surface area contributed by atoms with E-state index in [0.717, 1.165) is 19.3 Å². The quantitative estimate of drug-likeness (QED) is 0.476. The van der Waals surface area contributed by atoms with Crippen molar-refractivity contribution in [1.82, 2.24) is 0 Å². The van der Waals surface area contributed by atoms with Crippen molar-refractivity contribution in [1.29, 1.82) is 0 Å². The summed E-state index contributed by atoms with van der Waals surface area (Å²) < 4.78 is 0. The van der Waals surface area contributed by atoms with Crippen LogP contribution in [-0.2, 0) is 0 Å². The Morgan fingerprint density at radius 1 is 1.56 bits per heavy atom. The molecule has 2 nitrogen and oxygen atoms in total. The zero-order valence-electron chi connectivity index (χ0n) is 5.93. The zero-order chi connectivity index (χ0) is 6.91. The lowest BCUT2D eigenvalue weighted by molar-refractivity contribution is -0.0353. The summed E-state index contributed by atoms with van der Waals surface area (Å²) in [6, 6.07) is 0. The minimum atomic E-state index is -0.863. The van der Waals surface area contributed by atoms with Crippen LogP contribution in [0.1, 0.15) is 32.6 Å². The summed E-state index contributed by atoms with van der Waals surface area (Å²) in [5.41, 5.74) is 4.71. The molecule has 0 heterocycles. The molecule has 0 spiro atoms. The molecule has 2 atom stereocenters. The number of rotatable bonds is 0. The second-order valence-corrected chi connectivity index (χ2v) is 3.14. The summed E-state index contributed by atoms with van der Waals surface area (Å²) in [6.07, 6.45) is 4.15. The van der Waals surface area contributed by atoms with Crippen LogP contribution in [-0.4, -0.2) is 10.8 Å². The van der Waals surface area contributed by atoms with Crippen LogP contribution >= 0.6 is 0 Å². The molecular weight excluding hydrogens is 114 g/mol. The SMILES string of the molecule is C[C@@H]1CCCC[C@@]1(N)O. The molecule has 3 N–H and O–H groups in total. The summed E-state index contributed by atoms with van der Waals surface area (Å²) in [5.74, 6) is 0.284. The molecule has 0 aromatic carbocycles. The molecule has 1 saturated carbocycles. The molecule has 0 aromatic heterocycles. The Morgan fingerprint density at radius 2 is 2.22 bits per heavy atom. The van der Waals surface area contributed by atoms with Gasteiger partial charge in [0.1, 0.15) is 5.72 Å². The Kier molecular flexibility index (Phi) is 1.78. The van der Waals surface area contributed by atoms with E-state index in [1.807, 2.05) is 6.92 Å². The van der Waals surface area contributed by atoms with Gasteiger partial charge < -0.3 is 10.8 Å². The van der Waals surface area contributed by atoms with Gasteiger partial charge in [-0.15, -0.1) is 0 Å². The molecule has 0 aliphatic heterocycles. The molecule has 1 fully saturated rings. The fraction of sp³-hybridized carbons (Fsp3) is 1.00. The third kappa shape index (κ3) is 1.43. The first-order valence-electron chi connectivity index (χ1n) is 3.64. The van der Waals surface area contributed by atoms with Crippen molar-refractivity contribution in [2.75, 3.05) is 0 Å². The smallest absolute Gasteiger partial charge is 0.116 e. The minimum Gasteiger partial charge on any atom is -0.376 e. The van der Waals surface area contributed by atoms with Gasteiger partial charge in [-0.3, -0.25) is 0 Å². The van der Waals surface area contributed by atoms with Gasteiger partial charge in [-0.2, -0.15) is 0 Å². The average molecular weight is 129 g/mol. The van der Waals surface area contributed by atoms with Crippen molar-refractivity contribution in [2.24, 2.45) is 11.7 Å². The van der Waals surface area contributed by atoms with E-state index in [-0.39, 0.29) is 5.92 Å². The van der Waals surface area contributed by atoms with E-state index < -0.39 is 5.72 Å². The third-order valence-electron chi connectivity index (χ3n) is 2.32. The largest absolute Gasteiger partial charge is 0.376 e. The maximum atomic E-state index is 9.42. The van der Waals surface area contributed by atoms with Crippen LogP contribution in [0.25, 0.3) is 0 Å². The predicted molar refractivity (Wildman–Crippen MR) is 36.8 cm³/mol. The second kappa shape index (κ2) is 2.27. The van der Waals surface area contributed by atoms with Gasteiger partial charge in [-0.1, -0.05) is 13.3 Å². The van der Waals surface area contributed by atoms with Crippen LogP contribution in [0.4, 0.5) is 0 Å². The second-order valence-electron chi connectivity index (χ2n) is 3.14. The molecule has 2 heteroatoms. The number of aliphatic hydroxyl groups is 1. The normalized spacial score (nSPS) is 45.0. The van der Waals surface area contributed by atoms with Gasteiger partial charge in [-0.05, 0) is 25.2 Å². The maximum absolute atomic E-state index is 9.42. The van der Waals surface area contributed by atoms with Crippen molar-refractivity contribution >= 4 is 0 Å². The van der Waals surface area contributed by atoms with Gasteiger partial charge in [0.25, 0.3) is 0 Å². The molecule has 0 bridgehead atoms. The van der Waals surface area contributed by atoms with Crippen LogP contribution in [0.2, 0.25) is 0 Å². The van der Waals surface area contributed by atoms with Crippen LogP contribution < -0.4 is 5.73 Å². The maximum Gasteiger partial charge on any atom is 0.116 e. The Morgan fingerprint density at radius 3 is 2.56 bits per heavy atom. The molecular formula is C7H15NO. The highest BCUT2D eigenvalue weighted by atomic mass is 16.3. The summed E-state index contributed by atoms with van der Waals surface area (Å²) in [4.78, 5) is 0. The number of hydrogen-bond acceptors (Lipinski definition) is 2. The van der Waals surface area contributed by atoms with Crippen molar-refractivity contribution in [3.63, 3.8) is 0 Å². The van der Waals surface area contributed by atoms with Crippen LogP contribution in [0.15, 0.2) is 0 Å². The van der Waals surface area contributed by atoms with E-state index in [1.54, 1.807) is 0 Å². The first-order valence-corrected chi connectivity index (χ1v) is 3.64. The highest BCUT2D eigenvalue weighted by molar-refractivity contribution is 4.81. The van der Waals surface area contributed by atoms with Gasteiger partial charge in [0.2, 0.25) is 0 Å². The first kappa shape index (κ1) is 7.03. The average Bonchev–Trinajstić information content (AvgIpc) is 1.77. The van der Waals surface area contributed by atoms with Crippen molar-refractivity contribution in [3.05, 3.63) is 0 Å². The van der Waals surface area contributed by atoms with E-state index in [4.69, 9.17) is 5.73 Å². The van der Waals surface area contributed by atoms with E-state index >= 15 is 0 Å². The lowest BCUT2D eigenvalue weighted by atomic mass is 9.83. The molecule has 0 unspecified atom stereocenters. The fourth-order valence-corrected chi connectivity index (χ4v) is 1.36. The molecule has 0 amide bonds. The summed E-state index contributed by atoms with van der Waals surface area (Å²) >= 11 is 0. The lowest BCUT2D eigenvalue weighted by Gasteiger charge is -2.34. The molecule has 0 saturated heterocycles. The number of hydrogen-bond donors (Lipinski definition) is 2. The molecule has 54 valence electrons. The van der Waals surface area contributed by atoms with Crippen LogP contribution in [0.5, 0.6) is 0 Å². The predicted octanol–water partition coefficient (Wildman–Crippen LogP) is 0.844. The lowest BCUT2D eigenvalue weighted by Crippen LogP contribution is -2.47. The van der Waals surface area contributed by atoms with E-state index in [2.05, 4.69) is 0 Å². The molecule has 1 aliphatic carbocycles. The molecule has 1 aliphatic rings. The van der Waals surface area contributed by atoms with Crippen LogP contribution in [0, 0.1) is 5.92 Å². The highest BCUT2D eigenvalue weighted by Crippen LogP contribution is 2.28. The number of nitrogens with two attached hydrogens (primary N) is 1. The minimum absolute atomic E-state index is 0.284. The third-order valence-corrected chi connectivity index (χ3v) is 2.32.